The Hall–Kier alpha value is -1.76. The zero-order valence-electron chi connectivity index (χ0n) is 11.7. The minimum Gasteiger partial charge on any atom is -0.493 e. The average molecular weight is 396 g/mol. The number of benzene rings is 2. The summed E-state index contributed by atoms with van der Waals surface area (Å²) in [5.41, 5.74) is 8.07. The Bertz CT molecular complexity index is 627. The van der Waals surface area contributed by atoms with E-state index < -0.39 is 0 Å². The van der Waals surface area contributed by atoms with Crippen molar-refractivity contribution in [1.82, 2.24) is 0 Å². The van der Waals surface area contributed by atoms with Gasteiger partial charge < -0.3 is 15.8 Å². The van der Waals surface area contributed by atoms with E-state index in [0.717, 1.165) is 20.6 Å². The molecule has 0 aliphatic heterocycles. The van der Waals surface area contributed by atoms with Crippen LogP contribution in [0, 0.1) is 10.5 Å². The second kappa shape index (κ2) is 7.31. The fraction of sp³-hybridized carbons (Fsp3) is 0.188. The maximum atomic E-state index is 11.9. The Balaban J connectivity index is 1.82. The van der Waals surface area contributed by atoms with Crippen LogP contribution in [0.15, 0.2) is 42.5 Å². The molecule has 0 saturated heterocycles. The highest BCUT2D eigenvalue weighted by Crippen LogP contribution is 2.18. The van der Waals surface area contributed by atoms with E-state index in [4.69, 9.17) is 10.5 Å². The van der Waals surface area contributed by atoms with Gasteiger partial charge in [-0.05, 0) is 71.5 Å². The summed E-state index contributed by atoms with van der Waals surface area (Å²) in [5, 5.41) is 2.85. The Morgan fingerprint density at radius 3 is 2.67 bits per heavy atom. The van der Waals surface area contributed by atoms with Crippen molar-refractivity contribution in [3.8, 4) is 5.75 Å². The molecule has 5 heteroatoms. The molecule has 2 aromatic rings. The van der Waals surface area contributed by atoms with Gasteiger partial charge in [0.1, 0.15) is 5.75 Å². The zero-order chi connectivity index (χ0) is 15.2. The number of halogens is 1. The molecule has 21 heavy (non-hydrogen) atoms. The number of hydrogen-bond acceptors (Lipinski definition) is 3. The van der Waals surface area contributed by atoms with Gasteiger partial charge in [-0.1, -0.05) is 6.07 Å². The Morgan fingerprint density at radius 2 is 1.95 bits per heavy atom. The smallest absolute Gasteiger partial charge is 0.227 e. The lowest BCUT2D eigenvalue weighted by Gasteiger charge is -2.10. The number of nitrogen functional groups attached to an aromatic ring is 1. The third-order valence-corrected chi connectivity index (χ3v) is 3.67. The number of carbonyl (C=O) groups is 1. The molecule has 0 bridgehead atoms. The van der Waals surface area contributed by atoms with Gasteiger partial charge in [-0.25, -0.2) is 0 Å². The summed E-state index contributed by atoms with van der Waals surface area (Å²) >= 11 is 2.23. The van der Waals surface area contributed by atoms with Gasteiger partial charge in [-0.15, -0.1) is 0 Å². The molecule has 2 aromatic carbocycles. The maximum absolute atomic E-state index is 11.9. The lowest BCUT2D eigenvalue weighted by atomic mass is 10.2. The molecule has 0 atom stereocenters. The minimum atomic E-state index is -0.0887. The van der Waals surface area contributed by atoms with Crippen LogP contribution < -0.4 is 15.8 Å². The van der Waals surface area contributed by atoms with Crippen molar-refractivity contribution < 1.29 is 9.53 Å². The molecule has 0 saturated carbocycles. The Labute approximate surface area is 137 Å². The predicted molar refractivity (Wildman–Crippen MR) is 93.5 cm³/mol. The predicted octanol–water partition coefficient (Wildman–Crippen LogP) is 3.59. The number of amides is 1. The van der Waals surface area contributed by atoms with Crippen molar-refractivity contribution in [3.05, 3.63) is 51.6 Å². The van der Waals surface area contributed by atoms with Crippen molar-refractivity contribution in [2.24, 2.45) is 0 Å². The van der Waals surface area contributed by atoms with E-state index in [9.17, 15) is 4.79 Å². The van der Waals surface area contributed by atoms with Crippen LogP contribution in [0.3, 0.4) is 0 Å². The SMILES string of the molecule is Cc1ccc(N)cc1NC(=O)CCOc1ccc(I)cc1. The number of aryl methyl sites for hydroxylation is 1. The summed E-state index contributed by atoms with van der Waals surface area (Å²) < 4.78 is 6.68. The number of rotatable bonds is 5. The molecule has 3 N–H and O–H groups in total. The highest BCUT2D eigenvalue weighted by molar-refractivity contribution is 14.1. The van der Waals surface area contributed by atoms with Crippen LogP contribution in [0.5, 0.6) is 5.75 Å². The van der Waals surface area contributed by atoms with Crippen molar-refractivity contribution in [2.45, 2.75) is 13.3 Å². The Morgan fingerprint density at radius 1 is 1.24 bits per heavy atom. The monoisotopic (exact) mass is 396 g/mol. The van der Waals surface area contributed by atoms with Gasteiger partial charge in [0, 0.05) is 14.9 Å². The number of anilines is 2. The first kappa shape index (κ1) is 15.6. The molecule has 0 spiro atoms. The first-order valence-corrected chi connectivity index (χ1v) is 7.67. The van der Waals surface area contributed by atoms with Crippen molar-refractivity contribution >= 4 is 39.9 Å². The van der Waals surface area contributed by atoms with Crippen LogP contribution >= 0.6 is 22.6 Å². The number of nitrogens with two attached hydrogens (primary N) is 1. The highest BCUT2D eigenvalue weighted by atomic mass is 127. The van der Waals surface area contributed by atoms with Crippen LogP contribution in [0.25, 0.3) is 0 Å². The van der Waals surface area contributed by atoms with E-state index in [1.165, 1.54) is 0 Å². The molecular formula is C16H17IN2O2. The second-order valence-corrected chi connectivity index (χ2v) is 5.92. The lowest BCUT2D eigenvalue weighted by Crippen LogP contribution is -2.16. The standard InChI is InChI=1S/C16H17IN2O2/c1-11-2-5-13(18)10-15(11)19-16(20)8-9-21-14-6-3-12(17)4-7-14/h2-7,10H,8-9,18H2,1H3,(H,19,20). The van der Waals surface area contributed by atoms with Crippen LogP contribution in [0.2, 0.25) is 0 Å². The fourth-order valence-corrected chi connectivity index (χ4v) is 2.14. The number of carbonyl (C=O) groups excluding carboxylic acids is 1. The normalized spacial score (nSPS) is 10.2. The summed E-state index contributed by atoms with van der Waals surface area (Å²) in [5.74, 6) is 0.678. The van der Waals surface area contributed by atoms with Gasteiger partial charge in [-0.3, -0.25) is 4.79 Å². The molecule has 0 unspecified atom stereocenters. The topological polar surface area (TPSA) is 64.3 Å². The second-order valence-electron chi connectivity index (χ2n) is 4.67. The number of ether oxygens (including phenoxy) is 1. The van der Waals surface area contributed by atoms with Crippen LogP contribution in [0.1, 0.15) is 12.0 Å². The van der Waals surface area contributed by atoms with Crippen LogP contribution in [-0.4, -0.2) is 12.5 Å². The summed E-state index contributed by atoms with van der Waals surface area (Å²) in [4.78, 5) is 11.9. The largest absolute Gasteiger partial charge is 0.493 e. The van der Waals surface area contributed by atoms with Gasteiger partial charge in [0.05, 0.1) is 13.0 Å². The fourth-order valence-electron chi connectivity index (χ4n) is 1.78. The molecule has 0 heterocycles. The summed E-state index contributed by atoms with van der Waals surface area (Å²) in [6.45, 7) is 2.27. The van der Waals surface area contributed by atoms with Crippen LogP contribution in [-0.2, 0) is 4.79 Å². The minimum absolute atomic E-state index is 0.0887. The zero-order valence-corrected chi connectivity index (χ0v) is 13.9. The number of hydrogen-bond donors (Lipinski definition) is 2. The maximum Gasteiger partial charge on any atom is 0.227 e. The van der Waals surface area contributed by atoms with E-state index in [-0.39, 0.29) is 5.91 Å². The summed E-state index contributed by atoms with van der Waals surface area (Å²) in [7, 11) is 0. The molecule has 0 fully saturated rings. The van der Waals surface area contributed by atoms with Gasteiger partial charge in [0.25, 0.3) is 0 Å². The molecule has 0 aliphatic rings. The highest BCUT2D eigenvalue weighted by Gasteiger charge is 2.05. The van der Waals surface area contributed by atoms with Gasteiger partial charge in [-0.2, -0.15) is 0 Å². The molecule has 0 aromatic heterocycles. The summed E-state index contributed by atoms with van der Waals surface area (Å²) in [6, 6.07) is 13.2. The van der Waals surface area contributed by atoms with E-state index in [0.29, 0.717) is 18.7 Å². The third kappa shape index (κ3) is 4.93. The third-order valence-electron chi connectivity index (χ3n) is 2.95. The van der Waals surface area contributed by atoms with E-state index >= 15 is 0 Å². The van der Waals surface area contributed by atoms with Crippen LogP contribution in [0.4, 0.5) is 11.4 Å². The quantitative estimate of drug-likeness (QED) is 0.600. The van der Waals surface area contributed by atoms with Gasteiger partial charge >= 0.3 is 0 Å². The van der Waals surface area contributed by atoms with E-state index in [2.05, 4.69) is 27.9 Å². The molecule has 4 nitrogen and oxygen atoms in total. The van der Waals surface area contributed by atoms with E-state index in [1.54, 1.807) is 6.07 Å². The van der Waals surface area contributed by atoms with Gasteiger partial charge in [0.15, 0.2) is 0 Å². The molecular weight excluding hydrogens is 379 g/mol. The Kier molecular flexibility index (Phi) is 5.44. The van der Waals surface area contributed by atoms with Crippen molar-refractivity contribution in [1.29, 1.82) is 0 Å². The molecule has 2 rings (SSSR count). The lowest BCUT2D eigenvalue weighted by molar-refractivity contribution is -0.116. The number of nitrogens with one attached hydrogen (secondary N) is 1. The molecule has 0 radical (unpaired) electrons. The van der Waals surface area contributed by atoms with E-state index in [1.807, 2.05) is 43.3 Å². The van der Waals surface area contributed by atoms with Gasteiger partial charge in [0.2, 0.25) is 5.91 Å². The van der Waals surface area contributed by atoms with Crippen molar-refractivity contribution in [3.63, 3.8) is 0 Å². The first-order valence-electron chi connectivity index (χ1n) is 6.59. The molecule has 0 aliphatic carbocycles. The molecule has 110 valence electrons. The first-order chi connectivity index (χ1) is 10.0. The summed E-state index contributed by atoms with van der Waals surface area (Å²) in [6.07, 6.45) is 0.292. The van der Waals surface area contributed by atoms with Crippen molar-refractivity contribution in [2.75, 3.05) is 17.7 Å². The molecule has 1 amide bonds. The average Bonchev–Trinajstić information content (AvgIpc) is 2.45.